The minimum atomic E-state index is -4.66. The molecule has 0 amide bonds. The van der Waals surface area contributed by atoms with Crippen molar-refractivity contribution in [3.63, 3.8) is 0 Å². The van der Waals surface area contributed by atoms with Gasteiger partial charge in [0.2, 0.25) is 0 Å². The summed E-state index contributed by atoms with van der Waals surface area (Å²) in [5, 5.41) is 0. The molecule has 0 aliphatic rings. The van der Waals surface area contributed by atoms with Crippen LogP contribution in [0.4, 0.5) is 13.2 Å². The zero-order valence-electron chi connectivity index (χ0n) is 17.0. The first-order chi connectivity index (χ1) is 14.4. The average molecular weight is 414 g/mol. The van der Waals surface area contributed by atoms with E-state index in [9.17, 15) is 13.2 Å². The summed E-state index contributed by atoms with van der Waals surface area (Å²) in [6.45, 7) is 2.19. The van der Waals surface area contributed by atoms with E-state index in [2.05, 4.69) is 21.6 Å². The summed E-state index contributed by atoms with van der Waals surface area (Å²) in [7, 11) is 0. The minimum Gasteiger partial charge on any atom is -0.406 e. The highest BCUT2D eigenvalue weighted by atomic mass is 19.4. The molecule has 6 heteroatoms. The Morgan fingerprint density at radius 2 is 1.30 bits per heavy atom. The third-order valence-corrected chi connectivity index (χ3v) is 4.85. The molecule has 0 saturated carbocycles. The molecule has 2 aromatic carbocycles. The summed E-state index contributed by atoms with van der Waals surface area (Å²) in [6, 6.07) is 14.1. The number of alkyl halides is 3. The third-order valence-electron chi connectivity index (χ3n) is 4.85. The van der Waals surface area contributed by atoms with Crippen molar-refractivity contribution >= 4 is 0 Å². The predicted octanol–water partition coefficient (Wildman–Crippen LogP) is 6.56. The van der Waals surface area contributed by atoms with Gasteiger partial charge in [0.1, 0.15) is 5.75 Å². The number of halogens is 3. The monoisotopic (exact) mass is 414 g/mol. The summed E-state index contributed by atoms with van der Waals surface area (Å²) in [5.74, 6) is 0.507. The van der Waals surface area contributed by atoms with Crippen LogP contribution in [0.15, 0.2) is 60.9 Å². The lowest BCUT2D eigenvalue weighted by Crippen LogP contribution is -2.17. The van der Waals surface area contributed by atoms with Crippen LogP contribution in [0.3, 0.4) is 0 Å². The molecule has 3 rings (SSSR count). The Morgan fingerprint density at radius 3 is 1.83 bits per heavy atom. The van der Waals surface area contributed by atoms with Gasteiger partial charge in [-0.15, -0.1) is 13.2 Å². The van der Waals surface area contributed by atoms with E-state index in [-0.39, 0.29) is 5.75 Å². The van der Waals surface area contributed by atoms with Crippen LogP contribution in [0.5, 0.6) is 5.75 Å². The SMILES string of the molecule is CCCCCc1cnc(-c2ccc(CCc3ccc(OC(F)(F)F)cc3)cc2)nc1. The molecular weight excluding hydrogens is 389 g/mol. The van der Waals surface area contributed by atoms with E-state index in [4.69, 9.17) is 0 Å². The number of aryl methyl sites for hydroxylation is 3. The number of rotatable bonds is 9. The maximum absolute atomic E-state index is 12.2. The van der Waals surface area contributed by atoms with Crippen LogP contribution in [-0.4, -0.2) is 16.3 Å². The summed E-state index contributed by atoms with van der Waals surface area (Å²) in [5.41, 5.74) is 4.23. The molecule has 1 heterocycles. The first-order valence-corrected chi connectivity index (χ1v) is 10.2. The summed E-state index contributed by atoms with van der Waals surface area (Å²) < 4.78 is 40.5. The number of ether oxygens (including phenoxy) is 1. The summed E-state index contributed by atoms with van der Waals surface area (Å²) in [4.78, 5) is 8.96. The Morgan fingerprint density at radius 1 is 0.733 bits per heavy atom. The van der Waals surface area contributed by atoms with Crippen LogP contribution >= 0.6 is 0 Å². The fourth-order valence-electron chi connectivity index (χ4n) is 3.18. The number of aromatic nitrogens is 2. The smallest absolute Gasteiger partial charge is 0.406 e. The first kappa shape index (κ1) is 21.8. The molecular formula is C24H25F3N2O. The lowest BCUT2D eigenvalue weighted by Gasteiger charge is -2.09. The average Bonchev–Trinajstić information content (AvgIpc) is 2.73. The highest BCUT2D eigenvalue weighted by molar-refractivity contribution is 5.55. The van der Waals surface area contributed by atoms with E-state index in [1.807, 2.05) is 36.7 Å². The van der Waals surface area contributed by atoms with E-state index in [0.717, 1.165) is 47.9 Å². The van der Waals surface area contributed by atoms with Gasteiger partial charge in [-0.2, -0.15) is 0 Å². The number of hydrogen-bond donors (Lipinski definition) is 0. The Kier molecular flexibility index (Phi) is 7.44. The second-order valence-corrected chi connectivity index (χ2v) is 7.26. The molecule has 1 aromatic heterocycles. The topological polar surface area (TPSA) is 35.0 Å². The highest BCUT2D eigenvalue weighted by Crippen LogP contribution is 2.23. The maximum atomic E-state index is 12.2. The molecule has 0 bridgehead atoms. The molecule has 0 aliphatic carbocycles. The van der Waals surface area contributed by atoms with Gasteiger partial charge in [-0.05, 0) is 54.5 Å². The van der Waals surface area contributed by atoms with Crippen molar-refractivity contribution in [1.82, 2.24) is 9.97 Å². The Hall–Kier alpha value is -2.89. The Labute approximate surface area is 175 Å². The lowest BCUT2D eigenvalue weighted by atomic mass is 10.0. The molecule has 0 fully saturated rings. The third kappa shape index (κ3) is 6.87. The molecule has 0 unspecified atom stereocenters. The highest BCUT2D eigenvalue weighted by Gasteiger charge is 2.30. The standard InChI is InChI=1S/C24H25F3N2O/c1-2-3-4-5-20-16-28-23(29-17-20)21-12-8-18(9-13-21)6-7-19-10-14-22(15-11-19)30-24(25,26)27/h8-17H,2-7H2,1H3. The van der Waals surface area contributed by atoms with E-state index in [0.29, 0.717) is 5.82 Å². The second kappa shape index (κ2) is 10.2. The van der Waals surface area contributed by atoms with E-state index < -0.39 is 6.36 Å². The predicted molar refractivity (Wildman–Crippen MR) is 111 cm³/mol. The van der Waals surface area contributed by atoms with Crippen molar-refractivity contribution in [2.24, 2.45) is 0 Å². The van der Waals surface area contributed by atoms with E-state index in [1.54, 1.807) is 12.1 Å². The van der Waals surface area contributed by atoms with Gasteiger partial charge in [0.15, 0.2) is 5.82 Å². The molecule has 0 aliphatic heterocycles. The fraction of sp³-hybridized carbons (Fsp3) is 0.333. The first-order valence-electron chi connectivity index (χ1n) is 10.2. The molecule has 3 nitrogen and oxygen atoms in total. The summed E-state index contributed by atoms with van der Waals surface area (Å²) in [6.07, 6.45) is 5.24. The maximum Gasteiger partial charge on any atom is 0.573 e. The van der Waals surface area contributed by atoms with Crippen LogP contribution in [0, 0.1) is 0 Å². The van der Waals surface area contributed by atoms with Gasteiger partial charge in [0.05, 0.1) is 0 Å². The van der Waals surface area contributed by atoms with Crippen LogP contribution in [0.25, 0.3) is 11.4 Å². The van der Waals surface area contributed by atoms with Crippen LogP contribution in [-0.2, 0) is 19.3 Å². The zero-order chi connectivity index (χ0) is 21.4. The van der Waals surface area contributed by atoms with Gasteiger partial charge < -0.3 is 4.74 Å². The molecule has 30 heavy (non-hydrogen) atoms. The number of benzene rings is 2. The molecule has 0 spiro atoms. The minimum absolute atomic E-state index is 0.202. The Balaban J connectivity index is 1.53. The van der Waals surface area contributed by atoms with Gasteiger partial charge >= 0.3 is 6.36 Å². The molecule has 0 N–H and O–H groups in total. The van der Waals surface area contributed by atoms with Crippen molar-refractivity contribution in [1.29, 1.82) is 0 Å². The lowest BCUT2D eigenvalue weighted by molar-refractivity contribution is -0.274. The van der Waals surface area contributed by atoms with Crippen LogP contribution in [0.1, 0.15) is 42.9 Å². The molecule has 0 atom stereocenters. The van der Waals surface area contributed by atoms with Crippen molar-refractivity contribution < 1.29 is 17.9 Å². The normalized spacial score (nSPS) is 11.5. The van der Waals surface area contributed by atoms with Gasteiger partial charge in [-0.3, -0.25) is 0 Å². The largest absolute Gasteiger partial charge is 0.573 e. The molecule has 0 saturated heterocycles. The number of hydrogen-bond acceptors (Lipinski definition) is 3. The van der Waals surface area contributed by atoms with Crippen molar-refractivity contribution in [3.8, 4) is 17.1 Å². The quantitative estimate of drug-likeness (QED) is 0.372. The second-order valence-electron chi connectivity index (χ2n) is 7.26. The number of unbranched alkanes of at least 4 members (excludes halogenated alkanes) is 2. The van der Waals surface area contributed by atoms with Crippen LogP contribution < -0.4 is 4.74 Å². The zero-order valence-corrected chi connectivity index (χ0v) is 17.0. The van der Waals surface area contributed by atoms with Crippen molar-refractivity contribution in [2.45, 2.75) is 51.8 Å². The van der Waals surface area contributed by atoms with Crippen molar-refractivity contribution in [3.05, 3.63) is 77.6 Å². The summed E-state index contributed by atoms with van der Waals surface area (Å²) >= 11 is 0. The van der Waals surface area contributed by atoms with E-state index in [1.165, 1.54) is 25.0 Å². The Bertz CT molecular complexity index is 905. The molecule has 158 valence electrons. The van der Waals surface area contributed by atoms with Crippen molar-refractivity contribution in [2.75, 3.05) is 0 Å². The molecule has 3 aromatic rings. The fourth-order valence-corrected chi connectivity index (χ4v) is 3.18. The van der Waals surface area contributed by atoms with Gasteiger partial charge in [-0.1, -0.05) is 56.2 Å². The van der Waals surface area contributed by atoms with E-state index >= 15 is 0 Å². The van der Waals surface area contributed by atoms with Gasteiger partial charge in [0, 0.05) is 18.0 Å². The van der Waals surface area contributed by atoms with Gasteiger partial charge in [0.25, 0.3) is 0 Å². The number of nitrogens with zero attached hydrogens (tertiary/aromatic N) is 2. The molecule has 0 radical (unpaired) electrons. The van der Waals surface area contributed by atoms with Crippen LogP contribution in [0.2, 0.25) is 0 Å². The van der Waals surface area contributed by atoms with Gasteiger partial charge in [-0.25, -0.2) is 9.97 Å².